The number of aryl methyl sites for hydroxylation is 11. The minimum Gasteiger partial charge on any atom is -0.260 e. The maximum atomic E-state index is 4.67. The van der Waals surface area contributed by atoms with Gasteiger partial charge in [-0.05, 0) is 379 Å². The van der Waals surface area contributed by atoms with Gasteiger partial charge in [0, 0.05) is 108 Å². The second kappa shape index (κ2) is 27.3. The van der Waals surface area contributed by atoms with Gasteiger partial charge in [-0.3, -0.25) is 29.9 Å². The maximum Gasteiger partial charge on any atom is 0.0529 e. The Morgan fingerprint density at radius 2 is 0.634 bits per heavy atom. The van der Waals surface area contributed by atoms with Crippen LogP contribution in [-0.4, -0.2) is 29.9 Å². The third kappa shape index (κ3) is 12.5. The standard InChI is InChI=1S/5C16H17N.C15H15N/c1-9-5-15-14-6-10(2)11(3)12(4)13(14)7-16(15)17-8-9;1-9-7-15-13-6-5-10(2)17-16(13)8-14(15)12(4)11(9)3;1-9-5-6-17-15-8-13-12(4)11(3)10(2)7-14(13)16(9)15;1-9-5-6-17-14-8-13-12(4)10(2)7-11(3)15(13)16(9)14;1-9-10(2)12(4)16-13-6-5-7-17-15(13)8-14(16)11(9)3;1-9-4-6-12-13-7-5-10(2)16-15(13)8-14(12)11(9)3/h5-6,8H,7H2,1-4H3;4*5-7H,8H2,1-4H3;4-7H,8H2,1-3H3. The average molecular weight is 1330 g/mol. The van der Waals surface area contributed by atoms with Crippen molar-refractivity contribution in [2.45, 2.75) is 198 Å². The van der Waals surface area contributed by atoms with Crippen LogP contribution in [-0.2, 0) is 38.5 Å². The van der Waals surface area contributed by atoms with E-state index in [-0.39, 0.29) is 0 Å². The number of benzene rings is 6. The van der Waals surface area contributed by atoms with E-state index in [0.717, 1.165) is 49.9 Å². The van der Waals surface area contributed by atoms with Crippen molar-refractivity contribution in [3.8, 4) is 66.8 Å². The lowest BCUT2D eigenvalue weighted by Crippen LogP contribution is -1.98. The van der Waals surface area contributed by atoms with Crippen molar-refractivity contribution in [1.82, 2.24) is 29.9 Å². The molecule has 12 aromatic rings. The zero-order valence-electron chi connectivity index (χ0n) is 64.4. The first-order chi connectivity index (χ1) is 48.1. The van der Waals surface area contributed by atoms with Crippen molar-refractivity contribution >= 4 is 0 Å². The molecule has 0 saturated heterocycles. The molecule has 6 heteroatoms. The monoisotopic (exact) mass is 1320 g/mol. The molecule has 6 heterocycles. The molecule has 0 unspecified atom stereocenters. The van der Waals surface area contributed by atoms with Crippen molar-refractivity contribution in [3.63, 3.8) is 0 Å². The van der Waals surface area contributed by atoms with Crippen LogP contribution in [0.3, 0.4) is 0 Å². The lowest BCUT2D eigenvalue weighted by molar-refractivity contribution is 1.06. The van der Waals surface area contributed by atoms with Crippen molar-refractivity contribution in [2.24, 2.45) is 0 Å². The van der Waals surface area contributed by atoms with E-state index in [1.54, 1.807) is 0 Å². The van der Waals surface area contributed by atoms with E-state index in [0.29, 0.717) is 0 Å². The Balaban J connectivity index is 0.000000108. The molecule has 510 valence electrons. The van der Waals surface area contributed by atoms with Crippen molar-refractivity contribution in [1.29, 1.82) is 0 Å². The Bertz CT molecular complexity index is 5440. The molecular formula is C95H100N6. The predicted octanol–water partition coefficient (Wildman–Crippen LogP) is 23.0. The summed E-state index contributed by atoms with van der Waals surface area (Å²) in [4.78, 5) is 27.5. The highest BCUT2D eigenvalue weighted by Crippen LogP contribution is 2.47. The van der Waals surface area contributed by atoms with Crippen LogP contribution in [0.2, 0.25) is 0 Å². The van der Waals surface area contributed by atoms with Gasteiger partial charge >= 0.3 is 0 Å². The molecule has 0 bridgehead atoms. The van der Waals surface area contributed by atoms with Crippen LogP contribution in [0, 0.1) is 159 Å². The van der Waals surface area contributed by atoms with Crippen LogP contribution < -0.4 is 0 Å². The van der Waals surface area contributed by atoms with E-state index >= 15 is 0 Å². The van der Waals surface area contributed by atoms with Gasteiger partial charge in [0.15, 0.2) is 0 Å². The lowest BCUT2D eigenvalue weighted by atomic mass is 9.89. The fourth-order valence-corrected chi connectivity index (χ4v) is 16.8. The summed E-state index contributed by atoms with van der Waals surface area (Å²) >= 11 is 0. The quantitative estimate of drug-likeness (QED) is 0.151. The van der Waals surface area contributed by atoms with Crippen molar-refractivity contribution in [3.05, 3.63) is 312 Å². The molecule has 6 aromatic heterocycles. The highest BCUT2D eigenvalue weighted by molar-refractivity contribution is 5.85. The number of pyridine rings is 6. The Morgan fingerprint density at radius 1 is 0.218 bits per heavy atom. The second-order valence-electron chi connectivity index (χ2n) is 30.1. The van der Waals surface area contributed by atoms with Crippen molar-refractivity contribution < 1.29 is 0 Å². The Hall–Kier alpha value is -9.78. The molecule has 0 radical (unpaired) electrons. The van der Waals surface area contributed by atoms with Gasteiger partial charge < -0.3 is 0 Å². The SMILES string of the molecule is Cc1c(C)c(C)c2c(c1C)Cc1ncccc1-2.Cc1cc(C)c2c(c1C)Cc1nccc(C)c1-2.Cc1cc2c(c(C)c1C)Cc1nccc(C)c1-2.Cc1ccc2c(n1)Cc1c-2cc(C)c(C)c1C.Cc1ccc2c(n1)Cc1c-2ccc(C)c1C.Cc1cnc2c(c1)-c1cc(C)c(C)c(C)c1C2. The average Bonchev–Trinajstić information content (AvgIpc) is 1.68. The molecular weight excluding hydrogens is 1230 g/mol. The van der Waals surface area contributed by atoms with E-state index in [1.165, 1.54) is 251 Å². The first-order valence-corrected chi connectivity index (χ1v) is 36.4. The summed E-state index contributed by atoms with van der Waals surface area (Å²) in [6.07, 6.45) is 13.7. The summed E-state index contributed by atoms with van der Waals surface area (Å²) in [5.74, 6) is 0. The zero-order chi connectivity index (χ0) is 72.1. The van der Waals surface area contributed by atoms with Crippen molar-refractivity contribution in [2.75, 3.05) is 0 Å². The van der Waals surface area contributed by atoms with Gasteiger partial charge in [0.05, 0.1) is 34.2 Å². The molecule has 0 aliphatic heterocycles. The van der Waals surface area contributed by atoms with Crippen LogP contribution in [0.5, 0.6) is 0 Å². The zero-order valence-corrected chi connectivity index (χ0v) is 64.4. The summed E-state index contributed by atoms with van der Waals surface area (Å²) in [6, 6.07) is 33.1. The number of fused-ring (bicyclic) bond motifs is 18. The molecule has 0 amide bonds. The number of hydrogen-bond donors (Lipinski definition) is 0. The number of rotatable bonds is 0. The number of hydrogen-bond acceptors (Lipinski definition) is 6. The summed E-state index contributed by atoms with van der Waals surface area (Å²) in [6.45, 7) is 50.5. The summed E-state index contributed by atoms with van der Waals surface area (Å²) in [7, 11) is 0. The highest BCUT2D eigenvalue weighted by Gasteiger charge is 2.30. The predicted molar refractivity (Wildman–Crippen MR) is 424 cm³/mol. The topological polar surface area (TPSA) is 77.3 Å². The summed E-state index contributed by atoms with van der Waals surface area (Å²) in [5.41, 5.74) is 64.5. The molecule has 6 nitrogen and oxygen atoms in total. The molecule has 6 aliphatic rings. The van der Waals surface area contributed by atoms with Gasteiger partial charge in [-0.2, -0.15) is 0 Å². The minimum atomic E-state index is 0.998. The number of nitrogens with zero attached hydrogens (tertiary/aromatic N) is 6. The molecule has 101 heavy (non-hydrogen) atoms. The Kier molecular flexibility index (Phi) is 18.8. The van der Waals surface area contributed by atoms with Gasteiger partial charge in [0.1, 0.15) is 0 Å². The Labute approximate surface area is 602 Å². The fourth-order valence-electron chi connectivity index (χ4n) is 16.8. The fraction of sp³-hybridized carbons (Fsp3) is 0.305. The first kappa shape index (κ1) is 69.7. The highest BCUT2D eigenvalue weighted by atomic mass is 14.7. The molecule has 0 N–H and O–H groups in total. The lowest BCUT2D eigenvalue weighted by Gasteiger charge is -2.15. The minimum absolute atomic E-state index is 0.998. The Morgan fingerprint density at radius 3 is 1.24 bits per heavy atom. The largest absolute Gasteiger partial charge is 0.260 e. The van der Waals surface area contributed by atoms with Gasteiger partial charge in [-0.25, -0.2) is 0 Å². The third-order valence-corrected chi connectivity index (χ3v) is 24.2. The molecule has 0 spiro atoms. The van der Waals surface area contributed by atoms with Crippen LogP contribution in [0.15, 0.2) is 116 Å². The first-order valence-electron chi connectivity index (χ1n) is 36.4. The second-order valence-corrected chi connectivity index (χ2v) is 30.1. The molecule has 6 aromatic carbocycles. The third-order valence-electron chi connectivity index (χ3n) is 24.2. The molecule has 0 fully saturated rings. The van der Waals surface area contributed by atoms with Crippen LogP contribution in [0.25, 0.3) is 66.8 Å². The normalized spacial score (nSPS) is 12.5. The molecule has 6 aliphatic carbocycles. The van der Waals surface area contributed by atoms with E-state index in [4.69, 9.17) is 0 Å². The van der Waals surface area contributed by atoms with E-state index in [2.05, 4.69) is 274 Å². The maximum absolute atomic E-state index is 4.67. The van der Waals surface area contributed by atoms with Gasteiger partial charge in [-0.1, -0.05) is 54.6 Å². The van der Waals surface area contributed by atoms with E-state index in [9.17, 15) is 0 Å². The van der Waals surface area contributed by atoms with Crippen LogP contribution >= 0.6 is 0 Å². The van der Waals surface area contributed by atoms with Crippen LogP contribution in [0.4, 0.5) is 0 Å². The smallest absolute Gasteiger partial charge is 0.0529 e. The molecule has 0 saturated carbocycles. The van der Waals surface area contributed by atoms with Crippen LogP contribution in [0.1, 0.15) is 196 Å². The van der Waals surface area contributed by atoms with Gasteiger partial charge in [-0.15, -0.1) is 0 Å². The van der Waals surface area contributed by atoms with Gasteiger partial charge in [0.25, 0.3) is 0 Å². The number of aromatic nitrogens is 6. The summed E-state index contributed by atoms with van der Waals surface area (Å²) < 4.78 is 0. The molecule has 18 rings (SSSR count). The van der Waals surface area contributed by atoms with Gasteiger partial charge in [0.2, 0.25) is 0 Å². The molecule has 0 atom stereocenters. The summed E-state index contributed by atoms with van der Waals surface area (Å²) in [5, 5.41) is 0. The van der Waals surface area contributed by atoms with E-state index in [1.807, 2.05) is 30.9 Å². The van der Waals surface area contributed by atoms with E-state index < -0.39 is 0 Å².